The Balaban J connectivity index is 1.56. The Morgan fingerprint density at radius 1 is 0.571 bits per heavy atom. The van der Waals surface area contributed by atoms with Gasteiger partial charge in [-0.1, -0.05) is 48.5 Å². The van der Waals surface area contributed by atoms with Crippen LogP contribution in [0.1, 0.15) is 20.7 Å². The second-order valence-corrected chi connectivity index (χ2v) is 5.96. The van der Waals surface area contributed by atoms with Crippen LogP contribution < -0.4 is 9.47 Å². The van der Waals surface area contributed by atoms with Gasteiger partial charge in [0.15, 0.2) is 11.5 Å². The maximum absolute atomic E-state index is 12.4. The molecule has 140 valence electrons. The van der Waals surface area contributed by atoms with Gasteiger partial charge in [0, 0.05) is 0 Å². The van der Waals surface area contributed by atoms with Crippen LogP contribution in [0, 0.1) is 0 Å². The molecule has 0 aliphatic carbocycles. The zero-order chi connectivity index (χ0) is 19.3. The molecule has 2 atom stereocenters. The lowest BCUT2D eigenvalue weighted by molar-refractivity contribution is -0.200. The summed E-state index contributed by atoms with van der Waals surface area (Å²) in [6.07, 6.45) is -2.51. The van der Waals surface area contributed by atoms with E-state index in [0.29, 0.717) is 22.6 Å². The fourth-order valence-electron chi connectivity index (χ4n) is 2.66. The molecule has 0 unspecified atom stereocenters. The second-order valence-electron chi connectivity index (χ2n) is 5.96. The normalized spacial score (nSPS) is 17.4. The van der Waals surface area contributed by atoms with E-state index in [4.69, 9.17) is 18.9 Å². The molecule has 28 heavy (non-hydrogen) atoms. The molecule has 0 N–H and O–H groups in total. The average molecular weight is 376 g/mol. The number of carbonyl (C=O) groups is 2. The van der Waals surface area contributed by atoms with Crippen molar-refractivity contribution in [3.8, 4) is 11.5 Å². The van der Waals surface area contributed by atoms with Crippen LogP contribution in [0.5, 0.6) is 11.5 Å². The van der Waals surface area contributed by atoms with Gasteiger partial charge >= 0.3 is 24.5 Å². The van der Waals surface area contributed by atoms with E-state index in [1.165, 1.54) is 0 Å². The Hall–Kier alpha value is -3.80. The quantitative estimate of drug-likeness (QED) is 0.645. The lowest BCUT2D eigenvalue weighted by atomic mass is 10.2. The van der Waals surface area contributed by atoms with E-state index in [9.17, 15) is 9.59 Å². The standard InChI is InChI=1S/C22H16O6/c23-19(15-9-3-1-4-10-15)27-21-22(26-18-14-8-7-13-17(18)25-21)28-20(24)16-11-5-2-6-12-16/h1-14,21-22H/t21-,22-/m1/s1. The molecule has 6 heteroatoms. The molecule has 0 radical (unpaired) electrons. The van der Waals surface area contributed by atoms with E-state index >= 15 is 0 Å². The van der Waals surface area contributed by atoms with Crippen molar-refractivity contribution in [2.75, 3.05) is 0 Å². The zero-order valence-electron chi connectivity index (χ0n) is 14.7. The van der Waals surface area contributed by atoms with Crippen LogP contribution >= 0.6 is 0 Å². The third kappa shape index (κ3) is 3.81. The summed E-state index contributed by atoms with van der Waals surface area (Å²) in [4.78, 5) is 24.9. The van der Waals surface area contributed by atoms with Gasteiger partial charge in [0.05, 0.1) is 11.1 Å². The van der Waals surface area contributed by atoms with Gasteiger partial charge in [0.1, 0.15) is 0 Å². The minimum absolute atomic E-state index is 0.345. The molecule has 1 aliphatic heterocycles. The molecule has 0 aromatic heterocycles. The fourth-order valence-corrected chi connectivity index (χ4v) is 2.66. The molecule has 0 bridgehead atoms. The number of carbonyl (C=O) groups excluding carboxylic acids is 2. The number of para-hydroxylation sites is 2. The maximum atomic E-state index is 12.4. The molecule has 4 rings (SSSR count). The van der Waals surface area contributed by atoms with Crippen molar-refractivity contribution < 1.29 is 28.5 Å². The Bertz CT molecular complexity index is 890. The summed E-state index contributed by atoms with van der Waals surface area (Å²) in [6, 6.07) is 23.8. The van der Waals surface area contributed by atoms with E-state index in [2.05, 4.69) is 0 Å². The van der Waals surface area contributed by atoms with Crippen LogP contribution in [0.25, 0.3) is 0 Å². The van der Waals surface area contributed by atoms with Gasteiger partial charge in [-0.25, -0.2) is 9.59 Å². The van der Waals surface area contributed by atoms with E-state index in [1.54, 1.807) is 84.9 Å². The van der Waals surface area contributed by atoms with Crippen molar-refractivity contribution >= 4 is 11.9 Å². The third-order valence-corrected chi connectivity index (χ3v) is 4.02. The molecular weight excluding hydrogens is 360 g/mol. The molecule has 1 heterocycles. The zero-order valence-corrected chi connectivity index (χ0v) is 14.7. The lowest BCUT2D eigenvalue weighted by Gasteiger charge is -2.32. The van der Waals surface area contributed by atoms with Gasteiger partial charge in [-0.15, -0.1) is 0 Å². The number of hydrogen-bond donors (Lipinski definition) is 0. The molecule has 0 fully saturated rings. The molecule has 3 aromatic carbocycles. The fraction of sp³-hybridized carbons (Fsp3) is 0.0909. The first-order valence-corrected chi connectivity index (χ1v) is 8.65. The highest BCUT2D eigenvalue weighted by molar-refractivity contribution is 5.90. The SMILES string of the molecule is O=C(O[C@H]1Oc2ccccc2O[C@@H]1OC(=O)c1ccccc1)c1ccccc1. The van der Waals surface area contributed by atoms with Crippen molar-refractivity contribution in [2.45, 2.75) is 12.6 Å². The summed E-state index contributed by atoms with van der Waals surface area (Å²) in [7, 11) is 0. The number of rotatable bonds is 4. The van der Waals surface area contributed by atoms with Gasteiger partial charge in [0.2, 0.25) is 0 Å². The number of hydrogen-bond acceptors (Lipinski definition) is 6. The van der Waals surface area contributed by atoms with Gasteiger partial charge in [-0.2, -0.15) is 0 Å². The highest BCUT2D eigenvalue weighted by atomic mass is 16.8. The van der Waals surface area contributed by atoms with Crippen molar-refractivity contribution in [3.63, 3.8) is 0 Å². The minimum atomic E-state index is -1.25. The molecular formula is C22H16O6. The Morgan fingerprint density at radius 3 is 1.32 bits per heavy atom. The van der Waals surface area contributed by atoms with Crippen LogP contribution in [0.2, 0.25) is 0 Å². The first kappa shape index (κ1) is 17.6. The summed E-state index contributed by atoms with van der Waals surface area (Å²) in [6.45, 7) is 0. The van der Waals surface area contributed by atoms with Crippen LogP contribution in [-0.2, 0) is 9.47 Å². The lowest BCUT2D eigenvalue weighted by Crippen LogP contribution is -2.45. The Morgan fingerprint density at radius 2 is 0.929 bits per heavy atom. The van der Waals surface area contributed by atoms with Gasteiger partial charge in [-0.05, 0) is 36.4 Å². The number of esters is 2. The summed E-state index contributed by atoms with van der Waals surface area (Å²) >= 11 is 0. The monoisotopic (exact) mass is 376 g/mol. The summed E-state index contributed by atoms with van der Waals surface area (Å²) in [5, 5.41) is 0. The van der Waals surface area contributed by atoms with Crippen LogP contribution in [-0.4, -0.2) is 24.5 Å². The molecule has 0 amide bonds. The first-order valence-electron chi connectivity index (χ1n) is 8.65. The molecule has 0 spiro atoms. The van der Waals surface area contributed by atoms with E-state index in [-0.39, 0.29) is 0 Å². The summed E-state index contributed by atoms with van der Waals surface area (Å²) in [5.74, 6) is -0.454. The average Bonchev–Trinajstić information content (AvgIpc) is 2.75. The topological polar surface area (TPSA) is 71.1 Å². The van der Waals surface area contributed by atoms with Crippen molar-refractivity contribution in [3.05, 3.63) is 96.1 Å². The van der Waals surface area contributed by atoms with Gasteiger partial charge < -0.3 is 18.9 Å². The summed E-state index contributed by atoms with van der Waals surface area (Å²) < 4.78 is 22.3. The highest BCUT2D eigenvalue weighted by Gasteiger charge is 2.38. The van der Waals surface area contributed by atoms with E-state index < -0.39 is 24.5 Å². The van der Waals surface area contributed by atoms with Gasteiger partial charge in [0.25, 0.3) is 0 Å². The van der Waals surface area contributed by atoms with Crippen molar-refractivity contribution in [1.29, 1.82) is 0 Å². The third-order valence-electron chi connectivity index (χ3n) is 4.02. The van der Waals surface area contributed by atoms with Crippen LogP contribution in [0.15, 0.2) is 84.9 Å². The first-order chi connectivity index (χ1) is 13.7. The van der Waals surface area contributed by atoms with Gasteiger partial charge in [-0.3, -0.25) is 0 Å². The predicted molar refractivity (Wildman–Crippen MR) is 99.0 cm³/mol. The Kier molecular flexibility index (Phi) is 4.93. The van der Waals surface area contributed by atoms with Crippen LogP contribution in [0.4, 0.5) is 0 Å². The van der Waals surface area contributed by atoms with Crippen molar-refractivity contribution in [1.82, 2.24) is 0 Å². The molecule has 1 aliphatic rings. The smallest absolute Gasteiger partial charge is 0.341 e. The maximum Gasteiger partial charge on any atom is 0.341 e. The summed E-state index contributed by atoms with van der Waals surface area (Å²) in [5.41, 5.74) is 0.691. The largest absolute Gasteiger partial charge is 0.444 e. The predicted octanol–water partition coefficient (Wildman–Crippen LogP) is 3.82. The van der Waals surface area contributed by atoms with E-state index in [1.807, 2.05) is 0 Å². The second kappa shape index (κ2) is 7.84. The molecule has 0 saturated carbocycles. The molecule has 0 saturated heterocycles. The Labute approximate surface area is 161 Å². The highest BCUT2D eigenvalue weighted by Crippen LogP contribution is 2.34. The number of fused-ring (bicyclic) bond motifs is 1. The molecule has 3 aromatic rings. The van der Waals surface area contributed by atoms with Crippen molar-refractivity contribution in [2.24, 2.45) is 0 Å². The number of benzene rings is 3. The molecule has 6 nitrogen and oxygen atoms in total. The van der Waals surface area contributed by atoms with Crippen LogP contribution in [0.3, 0.4) is 0 Å². The number of ether oxygens (including phenoxy) is 4. The minimum Gasteiger partial charge on any atom is -0.444 e. The van der Waals surface area contributed by atoms with E-state index in [0.717, 1.165) is 0 Å².